The molecule has 146 valence electrons. The van der Waals surface area contributed by atoms with Crippen molar-refractivity contribution in [2.45, 2.75) is 32.1 Å². The quantitative estimate of drug-likeness (QED) is 0.878. The van der Waals surface area contributed by atoms with E-state index in [1.165, 1.54) is 18.2 Å². The molecule has 1 N–H and O–H groups in total. The maximum absolute atomic E-state index is 13.3. The maximum atomic E-state index is 13.3. The van der Waals surface area contributed by atoms with Crippen molar-refractivity contribution in [1.29, 1.82) is 0 Å². The Bertz CT molecular complexity index is 891. The minimum Gasteiger partial charge on any atom is -0.480 e. The van der Waals surface area contributed by atoms with Crippen LogP contribution in [0.15, 0.2) is 18.2 Å². The van der Waals surface area contributed by atoms with Crippen molar-refractivity contribution in [3.8, 4) is 0 Å². The number of hydrogen-bond donors (Lipinski definition) is 1. The van der Waals surface area contributed by atoms with Crippen LogP contribution in [0.1, 0.15) is 36.1 Å². The normalized spacial score (nSPS) is 18.3. The average Bonchev–Trinajstić information content (AvgIpc) is 3.00. The molecule has 2 aromatic rings. The largest absolute Gasteiger partial charge is 0.480 e. The van der Waals surface area contributed by atoms with Crippen LogP contribution in [-0.2, 0) is 15.7 Å². The first-order valence-electron chi connectivity index (χ1n) is 8.32. The van der Waals surface area contributed by atoms with Crippen LogP contribution in [-0.4, -0.2) is 57.2 Å². The highest BCUT2D eigenvalue weighted by Gasteiger charge is 2.38. The summed E-state index contributed by atoms with van der Waals surface area (Å²) >= 11 is 0. The van der Waals surface area contributed by atoms with Gasteiger partial charge in [0.2, 0.25) is 5.82 Å². The molecular weight excluding hydrogens is 367 g/mol. The van der Waals surface area contributed by atoms with Crippen molar-refractivity contribution >= 4 is 22.9 Å². The summed E-state index contributed by atoms with van der Waals surface area (Å²) in [5.74, 6) is -2.82. The first kappa shape index (κ1) is 19.2. The topological polar surface area (TPSA) is 84.7 Å². The number of nitrogens with zero attached hydrogens (tertiary/aromatic N) is 3. The van der Waals surface area contributed by atoms with Gasteiger partial charge in [0.1, 0.15) is 0 Å². The second kappa shape index (κ2) is 6.84. The van der Waals surface area contributed by atoms with E-state index in [1.54, 1.807) is 13.8 Å². The van der Waals surface area contributed by atoms with Gasteiger partial charge in [-0.25, -0.2) is 9.78 Å². The molecule has 0 bridgehead atoms. The molecule has 0 radical (unpaired) electrons. The molecule has 1 fully saturated rings. The van der Waals surface area contributed by atoms with Crippen molar-refractivity contribution in [2.75, 3.05) is 19.8 Å². The van der Waals surface area contributed by atoms with E-state index in [-0.39, 0.29) is 36.4 Å². The lowest BCUT2D eigenvalue weighted by Gasteiger charge is -2.32. The van der Waals surface area contributed by atoms with Crippen LogP contribution in [0, 0.1) is 0 Å². The maximum Gasteiger partial charge on any atom is 0.449 e. The van der Waals surface area contributed by atoms with Gasteiger partial charge in [-0.15, -0.1) is 0 Å². The zero-order chi connectivity index (χ0) is 19.9. The Morgan fingerprint density at radius 1 is 1.33 bits per heavy atom. The molecule has 1 aliphatic rings. The van der Waals surface area contributed by atoms with Gasteiger partial charge in [-0.3, -0.25) is 4.79 Å². The lowest BCUT2D eigenvalue weighted by atomic mass is 10.1. The van der Waals surface area contributed by atoms with Gasteiger partial charge in [0.15, 0.2) is 6.04 Å². The van der Waals surface area contributed by atoms with E-state index in [4.69, 9.17) is 4.74 Å². The molecule has 7 nitrogen and oxygen atoms in total. The highest BCUT2D eigenvalue weighted by atomic mass is 19.4. The van der Waals surface area contributed by atoms with Crippen LogP contribution in [0.4, 0.5) is 13.2 Å². The summed E-state index contributed by atoms with van der Waals surface area (Å²) < 4.78 is 46.1. The number of carboxylic acid groups (broad SMARTS) is 1. The lowest BCUT2D eigenvalue weighted by molar-refractivity contribution is -0.148. The standard InChI is InChI=1S/C17H18F3N3O4/c1-9(2)23-12-4-3-10(7-11(12)21-16(23)17(18,19)20)14(24)22-5-6-27-8-13(22)15(25)26/h3-4,7,9,13H,5-6,8H2,1-2H3,(H,25,26)/t13-/m0/s1. The smallest absolute Gasteiger partial charge is 0.449 e. The minimum atomic E-state index is -4.63. The van der Waals surface area contributed by atoms with E-state index in [0.717, 1.165) is 9.47 Å². The number of rotatable bonds is 3. The third-order valence-corrected chi connectivity index (χ3v) is 4.38. The summed E-state index contributed by atoms with van der Waals surface area (Å²) in [5, 5.41) is 9.25. The Morgan fingerprint density at radius 2 is 2.04 bits per heavy atom. The van der Waals surface area contributed by atoms with Crippen LogP contribution in [0.25, 0.3) is 11.0 Å². The summed E-state index contributed by atoms with van der Waals surface area (Å²) in [6.45, 7) is 3.37. The van der Waals surface area contributed by atoms with Crippen molar-refractivity contribution < 1.29 is 32.6 Å². The van der Waals surface area contributed by atoms with Crippen molar-refractivity contribution in [3.05, 3.63) is 29.6 Å². The number of ether oxygens (including phenoxy) is 1. The molecule has 27 heavy (non-hydrogen) atoms. The third-order valence-electron chi connectivity index (χ3n) is 4.38. The Balaban J connectivity index is 2.04. The van der Waals surface area contributed by atoms with Gasteiger partial charge >= 0.3 is 12.1 Å². The van der Waals surface area contributed by atoms with E-state index in [9.17, 15) is 27.9 Å². The number of hydrogen-bond acceptors (Lipinski definition) is 4. The number of carbonyl (C=O) groups excluding carboxylic acids is 1. The van der Waals surface area contributed by atoms with Crippen molar-refractivity contribution in [1.82, 2.24) is 14.5 Å². The Labute approximate surface area is 152 Å². The molecule has 1 atom stereocenters. The van der Waals surface area contributed by atoms with E-state index in [1.807, 2.05) is 0 Å². The molecule has 1 saturated heterocycles. The summed E-state index contributed by atoms with van der Waals surface area (Å²) in [6.07, 6.45) is -4.63. The number of carboxylic acids is 1. The fourth-order valence-electron chi connectivity index (χ4n) is 3.17. The van der Waals surface area contributed by atoms with Crippen molar-refractivity contribution in [3.63, 3.8) is 0 Å². The molecule has 0 saturated carbocycles. The number of imidazole rings is 1. The van der Waals surface area contributed by atoms with Gasteiger partial charge in [-0.1, -0.05) is 0 Å². The number of halogens is 3. The van der Waals surface area contributed by atoms with E-state index in [2.05, 4.69) is 4.98 Å². The highest BCUT2D eigenvalue weighted by molar-refractivity contribution is 5.99. The molecule has 0 aliphatic carbocycles. The predicted octanol–water partition coefficient (Wildman–Crippen LogP) is 2.56. The van der Waals surface area contributed by atoms with Gasteiger partial charge in [-0.2, -0.15) is 13.2 Å². The van der Waals surface area contributed by atoms with E-state index >= 15 is 0 Å². The van der Waals surface area contributed by atoms with Gasteiger partial charge in [-0.05, 0) is 32.0 Å². The number of benzene rings is 1. The zero-order valence-corrected chi connectivity index (χ0v) is 14.7. The SMILES string of the molecule is CC(C)n1c(C(F)(F)F)nc2cc(C(=O)N3CCOC[C@H]3C(=O)O)ccc21. The molecule has 1 aromatic heterocycles. The highest BCUT2D eigenvalue weighted by Crippen LogP contribution is 2.34. The number of amides is 1. The summed E-state index contributed by atoms with van der Waals surface area (Å²) in [4.78, 5) is 28.9. The van der Waals surface area contributed by atoms with E-state index < -0.39 is 36.0 Å². The zero-order valence-electron chi connectivity index (χ0n) is 14.7. The fraction of sp³-hybridized carbons (Fsp3) is 0.471. The molecule has 10 heteroatoms. The van der Waals surface area contributed by atoms with E-state index in [0.29, 0.717) is 0 Å². The summed E-state index contributed by atoms with van der Waals surface area (Å²) in [5.41, 5.74) is 0.366. The molecular formula is C17H18F3N3O4. The Hall–Kier alpha value is -2.62. The number of aliphatic carboxylic acids is 1. The van der Waals surface area contributed by atoms with Gasteiger partial charge in [0.25, 0.3) is 5.91 Å². The average molecular weight is 385 g/mol. The summed E-state index contributed by atoms with van der Waals surface area (Å²) in [7, 11) is 0. The number of carbonyl (C=O) groups is 2. The first-order chi connectivity index (χ1) is 12.6. The molecule has 0 spiro atoms. The van der Waals surface area contributed by atoms with Crippen LogP contribution in [0.3, 0.4) is 0 Å². The number of fused-ring (bicyclic) bond motifs is 1. The first-order valence-corrected chi connectivity index (χ1v) is 8.32. The molecule has 2 heterocycles. The lowest BCUT2D eigenvalue weighted by Crippen LogP contribution is -2.52. The monoisotopic (exact) mass is 385 g/mol. The second-order valence-electron chi connectivity index (χ2n) is 6.53. The fourth-order valence-corrected chi connectivity index (χ4v) is 3.17. The van der Waals surface area contributed by atoms with Crippen LogP contribution in [0.2, 0.25) is 0 Å². The Kier molecular flexibility index (Phi) is 4.85. The van der Waals surface area contributed by atoms with Crippen LogP contribution >= 0.6 is 0 Å². The summed E-state index contributed by atoms with van der Waals surface area (Å²) in [6, 6.07) is 2.44. The molecule has 1 aromatic carbocycles. The van der Waals surface area contributed by atoms with Gasteiger partial charge < -0.3 is 19.3 Å². The number of morpholine rings is 1. The third kappa shape index (κ3) is 3.48. The molecule has 1 aliphatic heterocycles. The van der Waals surface area contributed by atoms with Gasteiger partial charge in [0, 0.05) is 18.2 Å². The molecule has 1 amide bonds. The number of aromatic nitrogens is 2. The second-order valence-corrected chi connectivity index (χ2v) is 6.53. The Morgan fingerprint density at radius 3 is 2.63 bits per heavy atom. The van der Waals surface area contributed by atoms with Crippen LogP contribution in [0.5, 0.6) is 0 Å². The number of alkyl halides is 3. The van der Waals surface area contributed by atoms with Crippen LogP contribution < -0.4 is 0 Å². The minimum absolute atomic E-state index is 0.0296. The molecule has 0 unspecified atom stereocenters. The van der Waals surface area contributed by atoms with Crippen molar-refractivity contribution in [2.24, 2.45) is 0 Å². The predicted molar refractivity (Wildman–Crippen MR) is 88.4 cm³/mol. The molecule has 3 rings (SSSR count). The van der Waals surface area contributed by atoms with Gasteiger partial charge in [0.05, 0.1) is 24.2 Å².